The summed E-state index contributed by atoms with van der Waals surface area (Å²) in [6.07, 6.45) is 0.348. The largest absolute Gasteiger partial charge is 0.324 e. The number of nitrogens with one attached hydrogen (secondary N) is 1. The topological polar surface area (TPSA) is 32.3 Å². The highest BCUT2D eigenvalue weighted by Gasteiger charge is 2.69. The molecule has 2 aliphatic rings. The summed E-state index contributed by atoms with van der Waals surface area (Å²) in [5, 5.41) is 3.56. The van der Waals surface area contributed by atoms with Gasteiger partial charge in [0.2, 0.25) is 0 Å². The lowest BCUT2D eigenvalue weighted by atomic mass is 10.1. The van der Waals surface area contributed by atoms with Crippen LogP contribution in [0.5, 0.6) is 0 Å². The maximum absolute atomic E-state index is 13.3. The molecule has 0 spiro atoms. The van der Waals surface area contributed by atoms with Gasteiger partial charge >= 0.3 is 6.03 Å². The number of hydrogen-bond acceptors (Lipinski definition) is 1. The summed E-state index contributed by atoms with van der Waals surface area (Å²) >= 11 is 12.0. The van der Waals surface area contributed by atoms with E-state index < -0.39 is 23.8 Å². The summed E-state index contributed by atoms with van der Waals surface area (Å²) < 4.78 is 26.6. The van der Waals surface area contributed by atoms with Gasteiger partial charge in [0, 0.05) is 40.7 Å². The van der Waals surface area contributed by atoms with Gasteiger partial charge in [-0.1, -0.05) is 23.2 Å². The number of fused-ring (bicyclic) bond motifs is 1. The van der Waals surface area contributed by atoms with Gasteiger partial charge in [0.1, 0.15) is 0 Å². The molecule has 2 atom stereocenters. The summed E-state index contributed by atoms with van der Waals surface area (Å²) in [4.78, 5) is 13.6. The number of alkyl halides is 2. The minimum Gasteiger partial charge on any atom is -0.324 e. The van der Waals surface area contributed by atoms with E-state index in [4.69, 9.17) is 23.2 Å². The second-order valence-electron chi connectivity index (χ2n) is 5.62. The van der Waals surface area contributed by atoms with Gasteiger partial charge in [0.25, 0.3) is 5.92 Å². The molecule has 0 aromatic heterocycles. The molecule has 0 bridgehead atoms. The van der Waals surface area contributed by atoms with Crippen molar-refractivity contribution in [3.63, 3.8) is 0 Å². The number of carbonyl (C=O) groups is 1. The van der Waals surface area contributed by atoms with Gasteiger partial charge in [-0.3, -0.25) is 0 Å². The Bertz CT molecular complexity index is 586. The lowest BCUT2D eigenvalue weighted by Crippen LogP contribution is -2.39. The minimum absolute atomic E-state index is 0.0941. The summed E-state index contributed by atoms with van der Waals surface area (Å²) in [5.41, 5.74) is 1.19. The first-order valence-corrected chi connectivity index (χ1v) is 7.45. The molecular weight excluding hydrogens is 321 g/mol. The fourth-order valence-electron chi connectivity index (χ4n) is 2.83. The first-order chi connectivity index (χ1) is 9.80. The Balaban J connectivity index is 1.67. The average Bonchev–Trinajstić information content (AvgIpc) is 2.98. The zero-order chi connectivity index (χ0) is 15.4. The Hall–Kier alpha value is -1.07. The molecule has 1 aliphatic heterocycles. The Labute approximate surface area is 131 Å². The van der Waals surface area contributed by atoms with Crippen molar-refractivity contribution < 1.29 is 13.6 Å². The molecule has 2 amide bonds. The molecule has 2 fully saturated rings. The molecule has 1 aromatic carbocycles. The van der Waals surface area contributed by atoms with Crippen molar-refractivity contribution in [2.24, 2.45) is 11.8 Å². The summed E-state index contributed by atoms with van der Waals surface area (Å²) in [6, 6.07) is 2.80. The highest BCUT2D eigenvalue weighted by atomic mass is 35.5. The van der Waals surface area contributed by atoms with Crippen LogP contribution in [-0.2, 0) is 0 Å². The van der Waals surface area contributed by atoms with Crippen LogP contribution in [0.15, 0.2) is 12.1 Å². The monoisotopic (exact) mass is 334 g/mol. The number of amides is 2. The molecular formula is C14H14Cl2F2N2O. The van der Waals surface area contributed by atoms with Gasteiger partial charge in [-0.05, 0) is 31.0 Å². The number of anilines is 1. The van der Waals surface area contributed by atoms with Gasteiger partial charge < -0.3 is 10.2 Å². The first kappa shape index (κ1) is 14.9. The van der Waals surface area contributed by atoms with Crippen LogP contribution < -0.4 is 5.32 Å². The van der Waals surface area contributed by atoms with Crippen molar-refractivity contribution in [2.75, 3.05) is 18.4 Å². The number of benzene rings is 1. The van der Waals surface area contributed by atoms with Crippen molar-refractivity contribution in [3.8, 4) is 0 Å². The Morgan fingerprint density at radius 2 is 1.95 bits per heavy atom. The second kappa shape index (κ2) is 4.99. The Morgan fingerprint density at radius 3 is 2.52 bits per heavy atom. The van der Waals surface area contributed by atoms with Gasteiger partial charge in [-0.15, -0.1) is 0 Å². The van der Waals surface area contributed by atoms with E-state index in [-0.39, 0.29) is 6.54 Å². The van der Waals surface area contributed by atoms with Crippen LogP contribution in [0.3, 0.4) is 0 Å². The van der Waals surface area contributed by atoms with E-state index in [1.165, 1.54) is 4.90 Å². The van der Waals surface area contributed by atoms with Crippen LogP contribution in [0.1, 0.15) is 12.0 Å². The van der Waals surface area contributed by atoms with Gasteiger partial charge in [0.15, 0.2) is 0 Å². The number of urea groups is 1. The number of piperidine rings is 1. The van der Waals surface area contributed by atoms with E-state index >= 15 is 0 Å². The fourth-order valence-corrected chi connectivity index (χ4v) is 3.32. The number of halogens is 4. The van der Waals surface area contributed by atoms with E-state index in [1.54, 1.807) is 19.1 Å². The normalized spacial score (nSPS) is 26.2. The molecule has 2 unspecified atom stereocenters. The molecule has 1 heterocycles. The standard InChI is InChI=1S/C14H14Cl2F2N2O/c1-7-11(15)4-8(5-12(7)16)19-13(21)20-3-2-9-10(6-20)14(9,17)18/h4-5,9-10H,2-3,6H2,1H3,(H,19,21). The number of rotatable bonds is 1. The zero-order valence-corrected chi connectivity index (χ0v) is 12.8. The molecule has 1 aromatic rings. The Morgan fingerprint density at radius 1 is 1.33 bits per heavy atom. The molecule has 21 heavy (non-hydrogen) atoms. The second-order valence-corrected chi connectivity index (χ2v) is 6.43. The lowest BCUT2D eigenvalue weighted by Gasteiger charge is -2.25. The Kier molecular flexibility index (Phi) is 3.53. The zero-order valence-electron chi connectivity index (χ0n) is 11.3. The van der Waals surface area contributed by atoms with Gasteiger partial charge in [0.05, 0.1) is 0 Å². The molecule has 3 nitrogen and oxygen atoms in total. The third-order valence-corrected chi connectivity index (χ3v) is 5.10. The van der Waals surface area contributed by atoms with Crippen LogP contribution in [0.25, 0.3) is 0 Å². The molecule has 1 aliphatic carbocycles. The molecule has 1 saturated heterocycles. The predicted octanol–water partition coefficient (Wildman–Crippen LogP) is 4.42. The van der Waals surface area contributed by atoms with Crippen molar-refractivity contribution in [1.82, 2.24) is 4.90 Å². The van der Waals surface area contributed by atoms with E-state index in [1.807, 2.05) is 0 Å². The van der Waals surface area contributed by atoms with Crippen molar-refractivity contribution in [1.29, 1.82) is 0 Å². The maximum atomic E-state index is 13.3. The number of nitrogens with zero attached hydrogens (tertiary/aromatic N) is 1. The SMILES string of the molecule is Cc1c(Cl)cc(NC(=O)N2CCC3C(C2)C3(F)F)cc1Cl. The lowest BCUT2D eigenvalue weighted by molar-refractivity contribution is 0.0855. The number of likely N-dealkylation sites (tertiary alicyclic amines) is 1. The van der Waals surface area contributed by atoms with Crippen LogP contribution in [0.2, 0.25) is 10.0 Å². The van der Waals surface area contributed by atoms with Gasteiger partial charge in [-0.2, -0.15) is 0 Å². The predicted molar refractivity (Wildman–Crippen MR) is 78.3 cm³/mol. The molecule has 7 heteroatoms. The fraction of sp³-hybridized carbons (Fsp3) is 0.500. The van der Waals surface area contributed by atoms with Crippen LogP contribution in [0.4, 0.5) is 19.3 Å². The summed E-state index contributed by atoms with van der Waals surface area (Å²) in [7, 11) is 0. The molecule has 0 radical (unpaired) electrons. The van der Waals surface area contributed by atoms with Crippen LogP contribution >= 0.6 is 23.2 Å². The van der Waals surface area contributed by atoms with Crippen molar-refractivity contribution >= 4 is 34.9 Å². The van der Waals surface area contributed by atoms with Gasteiger partial charge in [-0.25, -0.2) is 13.6 Å². The molecule has 3 rings (SSSR count). The van der Waals surface area contributed by atoms with E-state index in [0.29, 0.717) is 28.7 Å². The van der Waals surface area contributed by atoms with Crippen molar-refractivity contribution in [2.45, 2.75) is 19.3 Å². The number of carbonyl (C=O) groups excluding carboxylic acids is 1. The highest BCUT2D eigenvalue weighted by Crippen LogP contribution is 2.59. The van der Waals surface area contributed by atoms with E-state index in [0.717, 1.165) is 5.56 Å². The maximum Gasteiger partial charge on any atom is 0.321 e. The molecule has 114 valence electrons. The smallest absolute Gasteiger partial charge is 0.321 e. The minimum atomic E-state index is -2.61. The third kappa shape index (κ3) is 2.57. The van der Waals surface area contributed by atoms with E-state index in [2.05, 4.69) is 5.32 Å². The van der Waals surface area contributed by atoms with Crippen LogP contribution in [-0.4, -0.2) is 29.9 Å². The molecule has 1 N–H and O–H groups in total. The van der Waals surface area contributed by atoms with Crippen molar-refractivity contribution in [3.05, 3.63) is 27.7 Å². The first-order valence-electron chi connectivity index (χ1n) is 6.70. The quantitative estimate of drug-likeness (QED) is 0.809. The van der Waals surface area contributed by atoms with Crippen LogP contribution in [0, 0.1) is 18.8 Å². The summed E-state index contributed by atoms with van der Waals surface area (Å²) in [5.74, 6) is -3.85. The third-order valence-electron chi connectivity index (χ3n) is 4.31. The summed E-state index contributed by atoms with van der Waals surface area (Å²) in [6.45, 7) is 2.21. The molecule has 1 saturated carbocycles. The van der Waals surface area contributed by atoms with E-state index in [9.17, 15) is 13.6 Å². The average molecular weight is 335 g/mol. The number of hydrogen-bond donors (Lipinski definition) is 1. The highest BCUT2D eigenvalue weighted by molar-refractivity contribution is 6.36.